The van der Waals surface area contributed by atoms with E-state index in [0.29, 0.717) is 0 Å². The largest absolute Gasteiger partial charge is 0.399 e. The van der Waals surface area contributed by atoms with Gasteiger partial charge in [0.2, 0.25) is 5.91 Å². The lowest BCUT2D eigenvalue weighted by atomic mass is 9.95. The molecule has 1 amide bonds. The summed E-state index contributed by atoms with van der Waals surface area (Å²) in [5, 5.41) is 3.03. The summed E-state index contributed by atoms with van der Waals surface area (Å²) < 4.78 is 0. The van der Waals surface area contributed by atoms with Gasteiger partial charge in [0.05, 0.1) is 0 Å². The highest BCUT2D eigenvalue weighted by Crippen LogP contribution is 2.24. The number of nitrogens with one attached hydrogen (secondary N) is 1. The van der Waals surface area contributed by atoms with Gasteiger partial charge in [-0.3, -0.25) is 4.79 Å². The van der Waals surface area contributed by atoms with Gasteiger partial charge in [0, 0.05) is 43.5 Å². The fourth-order valence-electron chi connectivity index (χ4n) is 2.63. The molecular formula is C16H26N4O. The van der Waals surface area contributed by atoms with E-state index in [1.165, 1.54) is 5.69 Å². The lowest BCUT2D eigenvalue weighted by molar-refractivity contribution is -0.125. The maximum atomic E-state index is 12.1. The molecule has 3 N–H and O–H groups in total. The first-order chi connectivity index (χ1) is 10.1. The summed E-state index contributed by atoms with van der Waals surface area (Å²) >= 11 is 0. The predicted octanol–water partition coefficient (Wildman–Crippen LogP) is 1.16. The third-order valence-corrected chi connectivity index (χ3v) is 3.98. The zero-order valence-electron chi connectivity index (χ0n) is 13.0. The van der Waals surface area contributed by atoms with E-state index in [1.54, 1.807) is 0 Å². The van der Waals surface area contributed by atoms with Crippen LogP contribution in [-0.2, 0) is 4.79 Å². The van der Waals surface area contributed by atoms with Crippen molar-refractivity contribution in [1.29, 1.82) is 0 Å². The molecule has 1 aromatic carbocycles. The second-order valence-electron chi connectivity index (χ2n) is 5.95. The molecule has 0 aliphatic carbocycles. The van der Waals surface area contributed by atoms with Crippen molar-refractivity contribution in [3.05, 3.63) is 24.3 Å². The molecule has 1 heterocycles. The highest BCUT2D eigenvalue weighted by Gasteiger charge is 2.24. The van der Waals surface area contributed by atoms with Crippen molar-refractivity contribution >= 4 is 17.3 Å². The molecule has 0 aromatic heterocycles. The van der Waals surface area contributed by atoms with Crippen molar-refractivity contribution in [1.82, 2.24) is 10.2 Å². The number of rotatable bonds is 5. The lowest BCUT2D eigenvalue weighted by Gasteiger charge is -2.33. The number of amides is 1. The molecule has 0 bridgehead atoms. The SMILES string of the molecule is CN(C)CCNC(=O)C1CCN(c2ccc(N)cc2)CC1. The minimum atomic E-state index is 0.150. The zero-order chi connectivity index (χ0) is 15.2. The fourth-order valence-corrected chi connectivity index (χ4v) is 2.63. The number of benzene rings is 1. The highest BCUT2D eigenvalue weighted by molar-refractivity contribution is 5.79. The number of nitrogens with two attached hydrogens (primary N) is 1. The van der Waals surface area contributed by atoms with Gasteiger partial charge in [-0.25, -0.2) is 0 Å². The maximum absolute atomic E-state index is 12.1. The summed E-state index contributed by atoms with van der Waals surface area (Å²) in [5.74, 6) is 0.353. The minimum absolute atomic E-state index is 0.150. The molecule has 1 saturated heterocycles. The molecule has 116 valence electrons. The van der Waals surface area contributed by atoms with Crippen LogP contribution in [-0.4, -0.2) is 51.1 Å². The molecular weight excluding hydrogens is 264 g/mol. The van der Waals surface area contributed by atoms with Gasteiger partial charge in [0.1, 0.15) is 0 Å². The Hall–Kier alpha value is -1.75. The van der Waals surface area contributed by atoms with Crippen LogP contribution in [0.4, 0.5) is 11.4 Å². The number of piperidine rings is 1. The van der Waals surface area contributed by atoms with Gasteiger partial charge in [-0.1, -0.05) is 0 Å². The van der Waals surface area contributed by atoms with Crippen LogP contribution < -0.4 is 16.0 Å². The van der Waals surface area contributed by atoms with E-state index in [2.05, 4.69) is 15.1 Å². The number of carbonyl (C=O) groups excluding carboxylic acids is 1. The van der Waals surface area contributed by atoms with Gasteiger partial charge in [0.15, 0.2) is 0 Å². The van der Waals surface area contributed by atoms with E-state index < -0.39 is 0 Å². The smallest absolute Gasteiger partial charge is 0.223 e. The molecule has 1 aliphatic heterocycles. The van der Waals surface area contributed by atoms with Crippen LogP contribution in [0.3, 0.4) is 0 Å². The van der Waals surface area contributed by atoms with Gasteiger partial charge >= 0.3 is 0 Å². The monoisotopic (exact) mass is 290 g/mol. The van der Waals surface area contributed by atoms with E-state index in [-0.39, 0.29) is 11.8 Å². The van der Waals surface area contributed by atoms with Crippen LogP contribution >= 0.6 is 0 Å². The number of carbonyl (C=O) groups is 1. The van der Waals surface area contributed by atoms with Crippen molar-refractivity contribution in [2.75, 3.05) is 50.9 Å². The average molecular weight is 290 g/mol. The Morgan fingerprint density at radius 3 is 2.48 bits per heavy atom. The van der Waals surface area contributed by atoms with Crippen LogP contribution in [0.2, 0.25) is 0 Å². The molecule has 1 fully saturated rings. The fraction of sp³-hybridized carbons (Fsp3) is 0.562. The van der Waals surface area contributed by atoms with Gasteiger partial charge < -0.3 is 20.9 Å². The van der Waals surface area contributed by atoms with Crippen LogP contribution in [0.1, 0.15) is 12.8 Å². The average Bonchev–Trinajstić information content (AvgIpc) is 2.48. The summed E-state index contributed by atoms with van der Waals surface area (Å²) in [6.07, 6.45) is 1.83. The Morgan fingerprint density at radius 2 is 1.90 bits per heavy atom. The molecule has 1 aliphatic rings. The Labute approximate surface area is 127 Å². The van der Waals surface area contributed by atoms with Gasteiger partial charge in [-0.15, -0.1) is 0 Å². The Kier molecular flexibility index (Phi) is 5.44. The van der Waals surface area contributed by atoms with Gasteiger partial charge in [0.25, 0.3) is 0 Å². The van der Waals surface area contributed by atoms with Crippen LogP contribution in [0.15, 0.2) is 24.3 Å². The summed E-state index contributed by atoms with van der Waals surface area (Å²) in [4.78, 5) is 16.5. The van der Waals surface area contributed by atoms with E-state index in [1.807, 2.05) is 38.4 Å². The standard InChI is InChI=1S/C16H26N4O/c1-19(2)12-9-18-16(21)13-7-10-20(11-8-13)15-5-3-14(17)4-6-15/h3-6,13H,7-12,17H2,1-2H3,(H,18,21). The van der Waals surface area contributed by atoms with Crippen molar-refractivity contribution in [2.24, 2.45) is 5.92 Å². The summed E-state index contributed by atoms with van der Waals surface area (Å²) in [6, 6.07) is 7.95. The molecule has 0 spiro atoms. The summed E-state index contributed by atoms with van der Waals surface area (Å²) in [7, 11) is 4.02. The van der Waals surface area contributed by atoms with Crippen molar-refractivity contribution in [3.63, 3.8) is 0 Å². The molecule has 2 rings (SSSR count). The number of nitrogens with zero attached hydrogens (tertiary/aromatic N) is 2. The van der Waals surface area contributed by atoms with E-state index in [4.69, 9.17) is 5.73 Å². The molecule has 0 saturated carbocycles. The number of anilines is 2. The third kappa shape index (κ3) is 4.63. The highest BCUT2D eigenvalue weighted by atomic mass is 16.1. The maximum Gasteiger partial charge on any atom is 0.223 e. The van der Waals surface area contributed by atoms with E-state index >= 15 is 0 Å². The second-order valence-corrected chi connectivity index (χ2v) is 5.95. The quantitative estimate of drug-likeness (QED) is 0.799. The first-order valence-corrected chi connectivity index (χ1v) is 7.59. The topological polar surface area (TPSA) is 61.6 Å². The van der Waals surface area contributed by atoms with Crippen molar-refractivity contribution < 1.29 is 4.79 Å². The molecule has 21 heavy (non-hydrogen) atoms. The Bertz CT molecular complexity index is 450. The van der Waals surface area contributed by atoms with E-state index in [9.17, 15) is 4.79 Å². The zero-order valence-corrected chi connectivity index (χ0v) is 13.0. The van der Waals surface area contributed by atoms with Gasteiger partial charge in [-0.05, 0) is 51.2 Å². The number of nitrogen functional groups attached to an aromatic ring is 1. The molecule has 1 aromatic rings. The lowest BCUT2D eigenvalue weighted by Crippen LogP contribution is -2.42. The Morgan fingerprint density at radius 1 is 1.29 bits per heavy atom. The second kappa shape index (κ2) is 7.31. The minimum Gasteiger partial charge on any atom is -0.399 e. The molecule has 0 unspecified atom stereocenters. The van der Waals surface area contributed by atoms with Crippen LogP contribution in [0.25, 0.3) is 0 Å². The summed E-state index contributed by atoms with van der Waals surface area (Å²) in [5.41, 5.74) is 7.69. The van der Waals surface area contributed by atoms with Gasteiger partial charge in [-0.2, -0.15) is 0 Å². The molecule has 5 heteroatoms. The summed E-state index contributed by atoms with van der Waals surface area (Å²) in [6.45, 7) is 3.46. The number of hydrogen-bond acceptors (Lipinski definition) is 4. The predicted molar refractivity (Wildman–Crippen MR) is 87.4 cm³/mol. The van der Waals surface area contributed by atoms with Crippen molar-refractivity contribution in [3.8, 4) is 0 Å². The van der Waals surface area contributed by atoms with E-state index in [0.717, 1.165) is 44.7 Å². The third-order valence-electron chi connectivity index (χ3n) is 3.98. The molecule has 0 radical (unpaired) electrons. The molecule has 0 atom stereocenters. The molecule has 5 nitrogen and oxygen atoms in total. The number of likely N-dealkylation sites (N-methyl/N-ethyl adjacent to an activating group) is 1. The Balaban J connectivity index is 1.77. The number of hydrogen-bond donors (Lipinski definition) is 2. The van der Waals surface area contributed by atoms with Crippen LogP contribution in [0, 0.1) is 5.92 Å². The van der Waals surface area contributed by atoms with Crippen molar-refractivity contribution in [2.45, 2.75) is 12.8 Å². The first-order valence-electron chi connectivity index (χ1n) is 7.59. The van der Waals surface area contributed by atoms with Crippen LogP contribution in [0.5, 0.6) is 0 Å². The normalized spacial score (nSPS) is 16.2. The first kappa shape index (κ1) is 15.6.